The lowest BCUT2D eigenvalue weighted by Crippen LogP contribution is -2.60. The zero-order chi connectivity index (χ0) is 14.4. The van der Waals surface area contributed by atoms with Gasteiger partial charge in [0.05, 0.1) is 19.8 Å². The van der Waals surface area contributed by atoms with Crippen molar-refractivity contribution in [1.82, 2.24) is 4.90 Å². The van der Waals surface area contributed by atoms with Crippen LogP contribution in [0.15, 0.2) is 30.3 Å². The summed E-state index contributed by atoms with van der Waals surface area (Å²) in [5.74, 6) is 2.45. The van der Waals surface area contributed by atoms with Crippen molar-refractivity contribution in [2.45, 2.75) is 12.1 Å². The van der Waals surface area contributed by atoms with Crippen LogP contribution in [0, 0.1) is 12.3 Å². The summed E-state index contributed by atoms with van der Waals surface area (Å²) in [6.07, 6.45) is 4.91. The number of benzene rings is 1. The minimum absolute atomic E-state index is 0.112. The maximum atomic E-state index is 12.1. The van der Waals surface area contributed by atoms with Crippen molar-refractivity contribution >= 4 is 6.09 Å². The average Bonchev–Trinajstić information content (AvgIpc) is 2.53. The lowest BCUT2D eigenvalue weighted by atomic mass is 10.00. The van der Waals surface area contributed by atoms with Crippen LogP contribution >= 0.6 is 0 Å². The summed E-state index contributed by atoms with van der Waals surface area (Å²) in [4.78, 5) is 13.5. The van der Waals surface area contributed by atoms with Crippen LogP contribution in [0.1, 0.15) is 5.56 Å². The number of aliphatic hydroxyl groups excluding tert-OH is 1. The molecular weight excluding hydrogens is 258 g/mol. The molecule has 5 nitrogen and oxygen atoms in total. The van der Waals surface area contributed by atoms with E-state index in [4.69, 9.17) is 15.9 Å². The number of rotatable bonds is 3. The first-order valence-corrected chi connectivity index (χ1v) is 6.36. The molecular formula is C15H17NO4. The zero-order valence-electron chi connectivity index (χ0n) is 11.1. The van der Waals surface area contributed by atoms with Gasteiger partial charge in [0.2, 0.25) is 0 Å². The normalized spacial score (nSPS) is 22.1. The van der Waals surface area contributed by atoms with E-state index in [0.717, 1.165) is 5.56 Å². The van der Waals surface area contributed by atoms with E-state index in [9.17, 15) is 9.90 Å². The molecule has 0 aliphatic carbocycles. The van der Waals surface area contributed by atoms with Gasteiger partial charge in [0.15, 0.2) is 5.54 Å². The number of carbonyl (C=O) groups is 1. The molecule has 1 N–H and O–H groups in total. The Bertz CT molecular complexity index is 496. The summed E-state index contributed by atoms with van der Waals surface area (Å²) < 4.78 is 10.5. The van der Waals surface area contributed by atoms with Gasteiger partial charge in [-0.25, -0.2) is 4.79 Å². The Labute approximate surface area is 118 Å². The van der Waals surface area contributed by atoms with E-state index in [2.05, 4.69) is 5.92 Å². The van der Waals surface area contributed by atoms with Gasteiger partial charge in [0.1, 0.15) is 6.61 Å². The predicted octanol–water partition coefficient (Wildman–Crippen LogP) is 1.02. The van der Waals surface area contributed by atoms with Gasteiger partial charge < -0.3 is 14.6 Å². The summed E-state index contributed by atoms with van der Waals surface area (Å²) in [7, 11) is 0. The third-order valence-electron chi connectivity index (χ3n) is 3.27. The SMILES string of the molecule is C#CC1(CO)COCCN1C(=O)OCc1ccccc1. The molecule has 0 aromatic heterocycles. The Morgan fingerprint density at radius 2 is 2.25 bits per heavy atom. The molecule has 1 atom stereocenters. The summed E-state index contributed by atoms with van der Waals surface area (Å²) in [6, 6.07) is 9.37. The summed E-state index contributed by atoms with van der Waals surface area (Å²) in [5.41, 5.74) is -0.240. The second-order valence-electron chi connectivity index (χ2n) is 4.58. The Morgan fingerprint density at radius 3 is 2.90 bits per heavy atom. The van der Waals surface area contributed by atoms with Gasteiger partial charge >= 0.3 is 6.09 Å². The van der Waals surface area contributed by atoms with Gasteiger partial charge in [-0.3, -0.25) is 4.90 Å². The van der Waals surface area contributed by atoms with E-state index >= 15 is 0 Å². The van der Waals surface area contributed by atoms with Gasteiger partial charge in [-0.15, -0.1) is 6.42 Å². The molecule has 5 heteroatoms. The fourth-order valence-corrected chi connectivity index (χ4v) is 2.05. The van der Waals surface area contributed by atoms with Crippen molar-refractivity contribution in [2.75, 3.05) is 26.4 Å². The molecule has 0 radical (unpaired) electrons. The monoisotopic (exact) mass is 275 g/mol. The smallest absolute Gasteiger partial charge is 0.411 e. The maximum absolute atomic E-state index is 12.1. The molecule has 0 spiro atoms. The van der Waals surface area contributed by atoms with Crippen LogP contribution in [0.25, 0.3) is 0 Å². The van der Waals surface area contributed by atoms with Crippen LogP contribution in [0.5, 0.6) is 0 Å². The highest BCUT2D eigenvalue weighted by Crippen LogP contribution is 2.20. The van der Waals surface area contributed by atoms with E-state index in [1.807, 2.05) is 30.3 Å². The molecule has 1 amide bonds. The zero-order valence-corrected chi connectivity index (χ0v) is 11.1. The highest BCUT2D eigenvalue weighted by atomic mass is 16.6. The van der Waals surface area contributed by atoms with Crippen molar-refractivity contribution < 1.29 is 19.4 Å². The van der Waals surface area contributed by atoms with Crippen molar-refractivity contribution in [3.63, 3.8) is 0 Å². The van der Waals surface area contributed by atoms with Crippen molar-refractivity contribution in [1.29, 1.82) is 0 Å². The molecule has 1 aliphatic rings. The van der Waals surface area contributed by atoms with Crippen LogP contribution in [0.3, 0.4) is 0 Å². The molecule has 1 aromatic rings. The van der Waals surface area contributed by atoms with Gasteiger partial charge in [-0.05, 0) is 5.56 Å². The molecule has 1 aliphatic heterocycles. The molecule has 1 fully saturated rings. The second-order valence-corrected chi connectivity index (χ2v) is 4.58. The Hall–Kier alpha value is -2.03. The van der Waals surface area contributed by atoms with Crippen LogP contribution in [0.2, 0.25) is 0 Å². The molecule has 1 heterocycles. The first-order valence-electron chi connectivity index (χ1n) is 6.36. The summed E-state index contributed by atoms with van der Waals surface area (Å²) >= 11 is 0. The largest absolute Gasteiger partial charge is 0.445 e. The predicted molar refractivity (Wildman–Crippen MR) is 72.8 cm³/mol. The minimum Gasteiger partial charge on any atom is -0.445 e. The van der Waals surface area contributed by atoms with E-state index in [1.54, 1.807) is 0 Å². The standard InChI is InChI=1S/C15H17NO4/c1-2-15(11-17)12-19-9-8-16(15)14(18)20-10-13-6-4-3-5-7-13/h1,3-7,17H,8-12H2. The molecule has 1 aromatic carbocycles. The van der Waals surface area contributed by atoms with Gasteiger partial charge in [-0.1, -0.05) is 36.3 Å². The first kappa shape index (κ1) is 14.4. The van der Waals surface area contributed by atoms with E-state index in [-0.39, 0.29) is 19.8 Å². The molecule has 1 unspecified atom stereocenters. The number of carbonyl (C=O) groups excluding carboxylic acids is 1. The van der Waals surface area contributed by atoms with E-state index in [1.165, 1.54) is 4.90 Å². The van der Waals surface area contributed by atoms with Crippen LogP contribution in [0.4, 0.5) is 4.79 Å². The summed E-state index contributed by atoms with van der Waals surface area (Å²) in [5, 5.41) is 9.47. The number of morpholine rings is 1. The van der Waals surface area contributed by atoms with Crippen LogP contribution in [-0.4, -0.2) is 48.0 Å². The van der Waals surface area contributed by atoms with E-state index in [0.29, 0.717) is 13.2 Å². The van der Waals surface area contributed by atoms with E-state index < -0.39 is 11.6 Å². The lowest BCUT2D eigenvalue weighted by molar-refractivity contribution is -0.0571. The number of hydrogen-bond acceptors (Lipinski definition) is 4. The summed E-state index contributed by atoms with van der Waals surface area (Å²) in [6.45, 7) is 0.607. The van der Waals surface area contributed by atoms with Crippen molar-refractivity contribution in [3.05, 3.63) is 35.9 Å². The highest BCUT2D eigenvalue weighted by molar-refractivity contribution is 5.70. The maximum Gasteiger partial charge on any atom is 0.411 e. The number of ether oxygens (including phenoxy) is 2. The van der Waals surface area contributed by atoms with Crippen LogP contribution < -0.4 is 0 Å². The van der Waals surface area contributed by atoms with Gasteiger partial charge in [-0.2, -0.15) is 0 Å². The number of nitrogens with zero attached hydrogens (tertiary/aromatic N) is 1. The van der Waals surface area contributed by atoms with Crippen molar-refractivity contribution in [2.24, 2.45) is 0 Å². The Kier molecular flexibility index (Phi) is 4.61. The number of terminal acetylenes is 1. The average molecular weight is 275 g/mol. The van der Waals surface area contributed by atoms with Gasteiger partial charge in [0.25, 0.3) is 0 Å². The number of amides is 1. The molecule has 0 saturated carbocycles. The molecule has 1 saturated heterocycles. The lowest BCUT2D eigenvalue weighted by Gasteiger charge is -2.41. The quantitative estimate of drug-likeness (QED) is 0.837. The third kappa shape index (κ3) is 2.93. The fraction of sp³-hybridized carbons (Fsp3) is 0.400. The second kappa shape index (κ2) is 6.42. The van der Waals surface area contributed by atoms with Crippen LogP contribution in [-0.2, 0) is 16.1 Å². The molecule has 20 heavy (non-hydrogen) atoms. The first-order chi connectivity index (χ1) is 9.72. The number of aliphatic hydroxyl groups is 1. The fourth-order valence-electron chi connectivity index (χ4n) is 2.05. The number of hydrogen-bond donors (Lipinski definition) is 1. The molecule has 0 bridgehead atoms. The Morgan fingerprint density at radius 1 is 1.50 bits per heavy atom. The van der Waals surface area contributed by atoms with Gasteiger partial charge in [0, 0.05) is 6.54 Å². The third-order valence-corrected chi connectivity index (χ3v) is 3.27. The highest BCUT2D eigenvalue weighted by Gasteiger charge is 2.41. The topological polar surface area (TPSA) is 59.0 Å². The van der Waals surface area contributed by atoms with Crippen molar-refractivity contribution in [3.8, 4) is 12.3 Å². The molecule has 2 rings (SSSR count). The minimum atomic E-state index is -1.13. The Balaban J connectivity index is 2.02. The molecule has 106 valence electrons.